The molecule has 0 amide bonds. The third-order valence-corrected chi connectivity index (χ3v) is 1.71. The second-order valence-electron chi connectivity index (χ2n) is 5.06. The zero-order valence-electron chi connectivity index (χ0n) is 10.7. The Morgan fingerprint density at radius 1 is 1.21 bits per heavy atom. The molecule has 0 atom stereocenters. The minimum absolute atomic E-state index is 0.101. The maximum atomic E-state index is 5.81. The van der Waals surface area contributed by atoms with Gasteiger partial charge in [-0.15, -0.1) is 0 Å². The SMILES string of the molecule is C/C(CC(C)(C)OC(C)C)=N/C(C)C. The van der Waals surface area contributed by atoms with Gasteiger partial charge in [-0.1, -0.05) is 0 Å². The largest absolute Gasteiger partial charge is 0.373 e. The van der Waals surface area contributed by atoms with E-state index >= 15 is 0 Å². The fraction of sp³-hybridized carbons (Fsp3) is 0.917. The number of hydrogen-bond donors (Lipinski definition) is 0. The van der Waals surface area contributed by atoms with Crippen LogP contribution in [0.5, 0.6) is 0 Å². The van der Waals surface area contributed by atoms with Crippen LogP contribution in [0.4, 0.5) is 0 Å². The second kappa shape index (κ2) is 5.50. The molecule has 0 heterocycles. The molecule has 0 aromatic rings. The second-order valence-corrected chi connectivity index (χ2v) is 5.06. The van der Waals surface area contributed by atoms with E-state index in [9.17, 15) is 0 Å². The van der Waals surface area contributed by atoms with Crippen LogP contribution in [0.1, 0.15) is 54.9 Å². The van der Waals surface area contributed by atoms with Gasteiger partial charge in [-0.3, -0.25) is 4.99 Å². The molecular weight excluding hydrogens is 174 g/mol. The van der Waals surface area contributed by atoms with Crippen molar-refractivity contribution in [2.75, 3.05) is 0 Å². The maximum absolute atomic E-state index is 5.81. The van der Waals surface area contributed by atoms with E-state index in [0.717, 1.165) is 6.42 Å². The Morgan fingerprint density at radius 3 is 2.07 bits per heavy atom. The molecule has 0 spiro atoms. The molecule has 84 valence electrons. The smallest absolute Gasteiger partial charge is 0.0681 e. The molecule has 2 nitrogen and oxygen atoms in total. The fourth-order valence-electron chi connectivity index (χ4n) is 1.78. The lowest BCUT2D eigenvalue weighted by Crippen LogP contribution is -2.30. The van der Waals surface area contributed by atoms with Crippen molar-refractivity contribution < 1.29 is 4.74 Å². The lowest BCUT2D eigenvalue weighted by molar-refractivity contribution is -0.0504. The van der Waals surface area contributed by atoms with Gasteiger partial charge >= 0.3 is 0 Å². The normalized spacial score (nSPS) is 14.2. The lowest BCUT2D eigenvalue weighted by Gasteiger charge is -2.27. The molecular formula is C12H25NO. The quantitative estimate of drug-likeness (QED) is 0.621. The predicted molar refractivity (Wildman–Crippen MR) is 63.2 cm³/mol. The summed E-state index contributed by atoms with van der Waals surface area (Å²) < 4.78 is 5.81. The van der Waals surface area contributed by atoms with Crippen molar-refractivity contribution in [3.05, 3.63) is 0 Å². The predicted octanol–water partition coefficient (Wildman–Crippen LogP) is 3.45. The molecule has 0 saturated heterocycles. The Morgan fingerprint density at radius 2 is 1.71 bits per heavy atom. The van der Waals surface area contributed by atoms with E-state index in [0.29, 0.717) is 6.04 Å². The minimum Gasteiger partial charge on any atom is -0.373 e. The monoisotopic (exact) mass is 199 g/mol. The Hall–Kier alpha value is -0.370. The van der Waals surface area contributed by atoms with Crippen molar-refractivity contribution >= 4 is 5.71 Å². The summed E-state index contributed by atoms with van der Waals surface area (Å²) in [6.45, 7) is 14.6. The molecule has 0 bridgehead atoms. The Balaban J connectivity index is 4.21. The van der Waals surface area contributed by atoms with Gasteiger partial charge in [0.15, 0.2) is 0 Å². The average Bonchev–Trinajstić information content (AvgIpc) is 1.77. The highest BCUT2D eigenvalue weighted by atomic mass is 16.5. The first kappa shape index (κ1) is 13.6. The van der Waals surface area contributed by atoms with Gasteiger partial charge in [0.2, 0.25) is 0 Å². The van der Waals surface area contributed by atoms with Crippen LogP contribution < -0.4 is 0 Å². The van der Waals surface area contributed by atoms with E-state index in [-0.39, 0.29) is 11.7 Å². The standard InChI is InChI=1S/C12H25NO/c1-9(2)13-11(5)8-12(6,7)14-10(3)4/h9-10H,8H2,1-7H3/b13-11-. The molecule has 0 aliphatic carbocycles. The van der Waals surface area contributed by atoms with Gasteiger partial charge in [0.05, 0.1) is 11.7 Å². The molecule has 0 aromatic carbocycles. The van der Waals surface area contributed by atoms with Crippen molar-refractivity contribution in [2.24, 2.45) is 4.99 Å². The van der Waals surface area contributed by atoms with Crippen LogP contribution in [-0.2, 0) is 4.74 Å². The van der Waals surface area contributed by atoms with Gasteiger partial charge in [-0.25, -0.2) is 0 Å². The number of hydrogen-bond acceptors (Lipinski definition) is 2. The maximum Gasteiger partial charge on any atom is 0.0681 e. The van der Waals surface area contributed by atoms with E-state index in [1.54, 1.807) is 0 Å². The minimum atomic E-state index is -0.101. The lowest BCUT2D eigenvalue weighted by atomic mass is 10.0. The van der Waals surface area contributed by atoms with Gasteiger partial charge in [0, 0.05) is 18.2 Å². The summed E-state index contributed by atoms with van der Waals surface area (Å²) in [6.07, 6.45) is 1.18. The summed E-state index contributed by atoms with van der Waals surface area (Å²) in [5, 5.41) is 0. The molecule has 14 heavy (non-hydrogen) atoms. The zero-order valence-corrected chi connectivity index (χ0v) is 10.7. The summed E-state index contributed by atoms with van der Waals surface area (Å²) in [7, 11) is 0. The molecule has 0 saturated carbocycles. The summed E-state index contributed by atoms with van der Waals surface area (Å²) in [4.78, 5) is 4.51. The van der Waals surface area contributed by atoms with Crippen molar-refractivity contribution in [2.45, 2.75) is 72.6 Å². The highest BCUT2D eigenvalue weighted by Gasteiger charge is 2.20. The third-order valence-electron chi connectivity index (χ3n) is 1.71. The van der Waals surface area contributed by atoms with Crippen LogP contribution in [0, 0.1) is 0 Å². The first-order valence-corrected chi connectivity index (χ1v) is 5.44. The van der Waals surface area contributed by atoms with Crippen LogP contribution in [0.15, 0.2) is 4.99 Å². The van der Waals surface area contributed by atoms with Crippen LogP contribution >= 0.6 is 0 Å². The molecule has 0 aromatic heterocycles. The number of nitrogens with zero attached hydrogens (tertiary/aromatic N) is 1. The van der Waals surface area contributed by atoms with Crippen LogP contribution in [0.25, 0.3) is 0 Å². The number of rotatable bonds is 5. The molecule has 0 aliphatic rings. The number of aliphatic imine (C=N–C) groups is 1. The summed E-state index contributed by atoms with van der Waals surface area (Å²) in [6, 6.07) is 0.379. The molecule has 2 heteroatoms. The van der Waals surface area contributed by atoms with Crippen LogP contribution in [0.2, 0.25) is 0 Å². The highest BCUT2D eigenvalue weighted by molar-refractivity contribution is 5.82. The van der Waals surface area contributed by atoms with E-state index in [1.807, 2.05) is 0 Å². The van der Waals surface area contributed by atoms with Crippen molar-refractivity contribution in [1.82, 2.24) is 0 Å². The Kier molecular flexibility index (Phi) is 5.35. The van der Waals surface area contributed by atoms with E-state index in [2.05, 4.69) is 53.5 Å². The van der Waals surface area contributed by atoms with Gasteiger partial charge in [-0.2, -0.15) is 0 Å². The van der Waals surface area contributed by atoms with Crippen molar-refractivity contribution in [3.8, 4) is 0 Å². The van der Waals surface area contributed by atoms with Gasteiger partial charge < -0.3 is 4.74 Å². The Labute approximate surface area is 88.8 Å². The molecule has 0 fully saturated rings. The van der Waals surface area contributed by atoms with Crippen LogP contribution in [-0.4, -0.2) is 23.5 Å². The fourth-order valence-corrected chi connectivity index (χ4v) is 1.78. The number of ether oxygens (including phenoxy) is 1. The first-order valence-electron chi connectivity index (χ1n) is 5.44. The zero-order chi connectivity index (χ0) is 11.4. The van der Waals surface area contributed by atoms with Gasteiger partial charge in [0.25, 0.3) is 0 Å². The molecule has 0 radical (unpaired) electrons. The molecule has 0 aliphatic heterocycles. The molecule has 0 N–H and O–H groups in total. The van der Waals surface area contributed by atoms with Gasteiger partial charge in [0.1, 0.15) is 0 Å². The topological polar surface area (TPSA) is 21.6 Å². The van der Waals surface area contributed by atoms with E-state index in [4.69, 9.17) is 4.74 Å². The molecule has 0 unspecified atom stereocenters. The Bertz CT molecular complexity index is 192. The summed E-state index contributed by atoms with van der Waals surface area (Å²) in [5.41, 5.74) is 1.07. The van der Waals surface area contributed by atoms with E-state index < -0.39 is 0 Å². The highest BCUT2D eigenvalue weighted by Crippen LogP contribution is 2.17. The van der Waals surface area contributed by atoms with Gasteiger partial charge in [-0.05, 0) is 48.5 Å². The average molecular weight is 199 g/mol. The van der Waals surface area contributed by atoms with Crippen molar-refractivity contribution in [3.63, 3.8) is 0 Å². The summed E-state index contributed by atoms with van der Waals surface area (Å²) in [5.74, 6) is 0. The van der Waals surface area contributed by atoms with E-state index in [1.165, 1.54) is 5.71 Å². The molecule has 0 rings (SSSR count). The first-order chi connectivity index (χ1) is 6.23. The van der Waals surface area contributed by atoms with Crippen molar-refractivity contribution in [1.29, 1.82) is 0 Å². The third kappa shape index (κ3) is 7.07. The van der Waals surface area contributed by atoms with Crippen LogP contribution in [0.3, 0.4) is 0 Å². The summed E-state index contributed by atoms with van der Waals surface area (Å²) >= 11 is 0.